The summed E-state index contributed by atoms with van der Waals surface area (Å²) >= 11 is 1.85. The van der Waals surface area contributed by atoms with Crippen molar-refractivity contribution in [3.63, 3.8) is 0 Å². The van der Waals surface area contributed by atoms with Crippen LogP contribution in [0, 0.1) is 0 Å². The van der Waals surface area contributed by atoms with E-state index in [1.54, 1.807) is 7.05 Å². The molecule has 2 unspecified atom stereocenters. The van der Waals surface area contributed by atoms with Crippen LogP contribution in [0.4, 0.5) is 5.82 Å². The number of hydrogen-bond acceptors (Lipinski definition) is 5. The molecular weight excluding hydrogens is 497 g/mol. The zero-order valence-corrected chi connectivity index (χ0v) is 20.8. The van der Waals surface area contributed by atoms with Gasteiger partial charge in [-0.2, -0.15) is 0 Å². The van der Waals surface area contributed by atoms with Crippen LogP contribution in [0.15, 0.2) is 35.5 Å². The Bertz CT molecular complexity index is 770. The molecule has 2 atom stereocenters. The first-order valence-electron chi connectivity index (χ1n) is 9.94. The van der Waals surface area contributed by atoms with E-state index in [0.717, 1.165) is 43.4 Å². The van der Waals surface area contributed by atoms with Crippen molar-refractivity contribution >= 4 is 47.1 Å². The van der Waals surface area contributed by atoms with Crippen LogP contribution >= 0.6 is 35.3 Å². The molecule has 6 nitrogen and oxygen atoms in total. The molecule has 0 bridgehead atoms. The highest BCUT2D eigenvalue weighted by atomic mass is 127. The number of aliphatic imine (C=N–C) groups is 1. The Kier molecular flexibility index (Phi) is 9.64. The fourth-order valence-electron chi connectivity index (χ4n) is 3.36. The third kappa shape index (κ3) is 7.11. The lowest BCUT2D eigenvalue weighted by Gasteiger charge is -2.36. The summed E-state index contributed by atoms with van der Waals surface area (Å²) in [5.74, 6) is 1.81. The van der Waals surface area contributed by atoms with Gasteiger partial charge in [-0.25, -0.2) is 4.98 Å². The Morgan fingerprint density at radius 2 is 1.83 bits per heavy atom. The number of thiophene rings is 1. The van der Waals surface area contributed by atoms with Crippen LogP contribution in [-0.2, 0) is 24.2 Å². The lowest BCUT2D eigenvalue weighted by Crippen LogP contribution is -2.45. The van der Waals surface area contributed by atoms with Crippen molar-refractivity contribution in [1.82, 2.24) is 15.6 Å². The number of aromatic nitrogens is 1. The molecule has 3 heterocycles. The highest BCUT2D eigenvalue weighted by molar-refractivity contribution is 14.0. The minimum atomic E-state index is 0. The third-order valence-corrected chi connectivity index (χ3v) is 5.96. The molecule has 2 aromatic heterocycles. The largest absolute Gasteiger partial charge is 0.372 e. The maximum absolute atomic E-state index is 5.80. The number of nitrogens with one attached hydrogen (secondary N) is 2. The van der Waals surface area contributed by atoms with Gasteiger partial charge in [0.1, 0.15) is 5.82 Å². The van der Waals surface area contributed by atoms with Gasteiger partial charge in [-0.15, -0.1) is 35.3 Å². The molecule has 1 aliphatic heterocycles. The number of pyridine rings is 1. The Morgan fingerprint density at radius 1 is 1.14 bits per heavy atom. The van der Waals surface area contributed by atoms with Crippen molar-refractivity contribution in [2.75, 3.05) is 25.0 Å². The van der Waals surface area contributed by atoms with Gasteiger partial charge in [0.2, 0.25) is 0 Å². The van der Waals surface area contributed by atoms with Gasteiger partial charge in [-0.05, 0) is 44.0 Å². The predicted molar refractivity (Wildman–Crippen MR) is 133 cm³/mol. The van der Waals surface area contributed by atoms with E-state index in [1.165, 1.54) is 9.75 Å². The smallest absolute Gasteiger partial charge is 0.191 e. The Labute approximate surface area is 195 Å². The van der Waals surface area contributed by atoms with Crippen molar-refractivity contribution in [1.29, 1.82) is 0 Å². The SMILES string of the molecule is CCc1ccc(CNC(=NC)NCc2ccc(N3CC(C)OC(C)C3)nc2)s1.I. The zero-order valence-electron chi connectivity index (χ0n) is 17.6. The zero-order chi connectivity index (χ0) is 19.9. The molecular formula is C21H32IN5OS. The van der Waals surface area contributed by atoms with Gasteiger partial charge in [0, 0.05) is 42.6 Å². The summed E-state index contributed by atoms with van der Waals surface area (Å²) in [6, 6.07) is 8.59. The van der Waals surface area contributed by atoms with Crippen LogP contribution in [0.1, 0.15) is 36.1 Å². The van der Waals surface area contributed by atoms with Crippen LogP contribution in [-0.4, -0.2) is 43.3 Å². The van der Waals surface area contributed by atoms with E-state index in [2.05, 4.69) is 70.5 Å². The topological polar surface area (TPSA) is 61.8 Å². The maximum Gasteiger partial charge on any atom is 0.191 e. The molecule has 1 aliphatic rings. The fourth-order valence-corrected chi connectivity index (χ4v) is 4.26. The van der Waals surface area contributed by atoms with E-state index in [9.17, 15) is 0 Å². The second kappa shape index (κ2) is 11.7. The number of morpholine rings is 1. The van der Waals surface area contributed by atoms with Gasteiger partial charge < -0.3 is 20.3 Å². The molecule has 29 heavy (non-hydrogen) atoms. The van der Waals surface area contributed by atoms with E-state index in [-0.39, 0.29) is 36.2 Å². The number of nitrogens with zero attached hydrogens (tertiary/aromatic N) is 3. The molecule has 0 aliphatic carbocycles. The number of ether oxygens (including phenoxy) is 1. The van der Waals surface area contributed by atoms with Gasteiger partial charge >= 0.3 is 0 Å². The van der Waals surface area contributed by atoms with Crippen LogP contribution in [0.2, 0.25) is 0 Å². The minimum Gasteiger partial charge on any atom is -0.372 e. The molecule has 0 spiro atoms. The van der Waals surface area contributed by atoms with Gasteiger partial charge in [-0.1, -0.05) is 13.0 Å². The Hall–Kier alpha value is -1.39. The summed E-state index contributed by atoms with van der Waals surface area (Å²) in [6.45, 7) is 9.64. The number of hydrogen-bond donors (Lipinski definition) is 2. The molecule has 1 fully saturated rings. The van der Waals surface area contributed by atoms with Crippen LogP contribution in [0.25, 0.3) is 0 Å². The van der Waals surface area contributed by atoms with Crippen LogP contribution in [0.5, 0.6) is 0 Å². The average molecular weight is 529 g/mol. The molecule has 2 N–H and O–H groups in total. The molecule has 0 amide bonds. The first-order chi connectivity index (χ1) is 13.6. The lowest BCUT2D eigenvalue weighted by molar-refractivity contribution is -0.00545. The monoisotopic (exact) mass is 529 g/mol. The normalized spacial score (nSPS) is 19.6. The van der Waals surface area contributed by atoms with Crippen molar-refractivity contribution in [2.45, 2.75) is 52.5 Å². The number of halogens is 1. The first kappa shape index (κ1) is 23.9. The summed E-state index contributed by atoms with van der Waals surface area (Å²) in [5, 5.41) is 6.73. The first-order valence-corrected chi connectivity index (χ1v) is 10.8. The molecule has 2 aromatic rings. The van der Waals surface area contributed by atoms with Gasteiger partial charge in [0.15, 0.2) is 5.96 Å². The van der Waals surface area contributed by atoms with E-state index in [1.807, 2.05) is 17.5 Å². The van der Waals surface area contributed by atoms with Crippen molar-refractivity contribution < 1.29 is 4.74 Å². The molecule has 0 saturated carbocycles. The standard InChI is InChI=1S/C21H31N5OS.HI/c1-5-18-7-8-19(28-18)12-25-21(22-4)24-11-17-6-9-20(23-10-17)26-13-15(2)27-16(3)14-26;/h6-10,15-16H,5,11-14H2,1-4H3,(H2,22,24,25);1H. The van der Waals surface area contributed by atoms with Crippen molar-refractivity contribution in [3.8, 4) is 0 Å². The van der Waals surface area contributed by atoms with E-state index >= 15 is 0 Å². The molecule has 160 valence electrons. The Balaban J connectivity index is 0.00000300. The van der Waals surface area contributed by atoms with Crippen molar-refractivity contribution in [2.24, 2.45) is 4.99 Å². The second-order valence-corrected chi connectivity index (χ2v) is 8.44. The summed E-state index contributed by atoms with van der Waals surface area (Å²) in [4.78, 5) is 14.0. The minimum absolute atomic E-state index is 0. The summed E-state index contributed by atoms with van der Waals surface area (Å²) in [7, 11) is 1.79. The molecule has 0 aromatic carbocycles. The maximum atomic E-state index is 5.80. The van der Waals surface area contributed by atoms with Crippen LogP contribution in [0.3, 0.4) is 0 Å². The second-order valence-electron chi connectivity index (χ2n) is 7.19. The molecule has 8 heteroatoms. The van der Waals surface area contributed by atoms with E-state index < -0.39 is 0 Å². The number of rotatable bonds is 6. The molecule has 0 radical (unpaired) electrons. The molecule has 3 rings (SSSR count). The van der Waals surface area contributed by atoms with E-state index in [0.29, 0.717) is 6.54 Å². The predicted octanol–water partition coefficient (Wildman–Crippen LogP) is 3.80. The van der Waals surface area contributed by atoms with Gasteiger partial charge in [0.25, 0.3) is 0 Å². The summed E-state index contributed by atoms with van der Waals surface area (Å²) < 4.78 is 5.80. The highest BCUT2D eigenvalue weighted by Crippen LogP contribution is 2.18. The Morgan fingerprint density at radius 3 is 2.41 bits per heavy atom. The fraction of sp³-hybridized carbons (Fsp3) is 0.524. The number of aryl methyl sites for hydroxylation is 1. The van der Waals surface area contributed by atoms with Gasteiger partial charge in [-0.3, -0.25) is 4.99 Å². The summed E-state index contributed by atoms with van der Waals surface area (Å²) in [6.07, 6.45) is 3.49. The molecule has 1 saturated heterocycles. The number of anilines is 1. The quantitative estimate of drug-likeness (QED) is 0.339. The third-order valence-electron chi connectivity index (χ3n) is 4.73. The van der Waals surface area contributed by atoms with Crippen molar-refractivity contribution in [3.05, 3.63) is 45.8 Å². The number of guanidine groups is 1. The van der Waals surface area contributed by atoms with Crippen LogP contribution < -0.4 is 15.5 Å². The highest BCUT2D eigenvalue weighted by Gasteiger charge is 2.22. The average Bonchev–Trinajstić information content (AvgIpc) is 3.16. The summed E-state index contributed by atoms with van der Waals surface area (Å²) in [5.41, 5.74) is 1.13. The lowest BCUT2D eigenvalue weighted by atomic mass is 10.2. The van der Waals surface area contributed by atoms with E-state index in [4.69, 9.17) is 4.74 Å². The van der Waals surface area contributed by atoms with Gasteiger partial charge in [0.05, 0.1) is 18.8 Å².